The number of aliphatic hydroxyl groups excluding tert-OH is 1. The van der Waals surface area contributed by atoms with Gasteiger partial charge in [-0.2, -0.15) is 0 Å². The zero-order valence-corrected chi connectivity index (χ0v) is 11.5. The molecule has 19 heavy (non-hydrogen) atoms. The summed E-state index contributed by atoms with van der Waals surface area (Å²) in [5.74, 6) is -0.391. The minimum atomic E-state index is -0.715. The standard InChI is InChI=1S/C14H19FN2O2/c1-14(2)13(19)16(3)4-5-17(14)12-7-10(9-18)6-11(15)8-12/h6-8,18H,4-5,9H2,1-3H3. The van der Waals surface area contributed by atoms with E-state index in [4.69, 9.17) is 5.11 Å². The van der Waals surface area contributed by atoms with Crippen molar-refractivity contribution in [3.05, 3.63) is 29.6 Å². The number of amides is 1. The minimum absolute atomic E-state index is 0.00793. The second kappa shape index (κ2) is 4.81. The smallest absolute Gasteiger partial charge is 0.247 e. The number of piperazine rings is 1. The average Bonchev–Trinajstić information content (AvgIpc) is 2.35. The number of carbonyl (C=O) groups excluding carboxylic acids is 1. The predicted molar refractivity (Wildman–Crippen MR) is 71.4 cm³/mol. The molecule has 0 saturated carbocycles. The normalized spacial score (nSPS) is 18.9. The number of carbonyl (C=O) groups is 1. The Balaban J connectivity index is 2.41. The van der Waals surface area contributed by atoms with Crippen LogP contribution in [-0.2, 0) is 11.4 Å². The van der Waals surface area contributed by atoms with Crippen LogP contribution in [0.2, 0.25) is 0 Å². The van der Waals surface area contributed by atoms with Gasteiger partial charge in [-0.1, -0.05) is 0 Å². The van der Waals surface area contributed by atoms with Crippen molar-refractivity contribution in [1.82, 2.24) is 4.90 Å². The first-order chi connectivity index (χ1) is 8.86. The zero-order chi connectivity index (χ0) is 14.2. The van der Waals surface area contributed by atoms with E-state index in [9.17, 15) is 9.18 Å². The average molecular weight is 266 g/mol. The lowest BCUT2D eigenvalue weighted by Gasteiger charge is -2.46. The Kier molecular flexibility index (Phi) is 3.49. The topological polar surface area (TPSA) is 43.8 Å². The monoisotopic (exact) mass is 266 g/mol. The van der Waals surface area contributed by atoms with Gasteiger partial charge in [0.15, 0.2) is 0 Å². The Bertz CT molecular complexity index is 502. The second-order valence-corrected chi connectivity index (χ2v) is 5.41. The highest BCUT2D eigenvalue weighted by Gasteiger charge is 2.40. The number of likely N-dealkylation sites (N-methyl/N-ethyl adjacent to an activating group) is 1. The first kappa shape index (κ1) is 13.8. The van der Waals surface area contributed by atoms with Crippen LogP contribution in [0.4, 0.5) is 10.1 Å². The summed E-state index contributed by atoms with van der Waals surface area (Å²) in [6.07, 6.45) is 0. The Hall–Kier alpha value is -1.62. The largest absolute Gasteiger partial charge is 0.392 e. The number of nitrogens with zero attached hydrogens (tertiary/aromatic N) is 2. The lowest BCUT2D eigenvalue weighted by atomic mass is 9.96. The molecule has 104 valence electrons. The summed E-state index contributed by atoms with van der Waals surface area (Å²) in [5.41, 5.74) is 0.431. The third-order valence-electron chi connectivity index (χ3n) is 3.64. The third kappa shape index (κ3) is 2.42. The van der Waals surface area contributed by atoms with Crippen LogP contribution < -0.4 is 4.90 Å². The molecule has 1 N–H and O–H groups in total. The summed E-state index contributed by atoms with van der Waals surface area (Å²) in [6, 6.07) is 4.43. The Morgan fingerprint density at radius 2 is 2.00 bits per heavy atom. The van der Waals surface area contributed by atoms with Crippen LogP contribution in [0, 0.1) is 5.82 Å². The highest BCUT2D eigenvalue weighted by molar-refractivity contribution is 5.90. The summed E-state index contributed by atoms with van der Waals surface area (Å²) in [5, 5.41) is 9.15. The van der Waals surface area contributed by atoms with Crippen LogP contribution in [0.3, 0.4) is 0 Å². The van der Waals surface area contributed by atoms with Gasteiger partial charge in [-0.15, -0.1) is 0 Å². The lowest BCUT2D eigenvalue weighted by molar-refractivity contribution is -0.136. The van der Waals surface area contributed by atoms with Crippen molar-refractivity contribution in [3.8, 4) is 0 Å². The molecule has 1 aliphatic rings. The van der Waals surface area contributed by atoms with Gasteiger partial charge in [-0.05, 0) is 37.6 Å². The Morgan fingerprint density at radius 3 is 2.63 bits per heavy atom. The van der Waals surface area contributed by atoms with Crippen molar-refractivity contribution in [2.75, 3.05) is 25.0 Å². The maximum atomic E-state index is 13.6. The zero-order valence-electron chi connectivity index (χ0n) is 11.5. The maximum Gasteiger partial charge on any atom is 0.247 e. The van der Waals surface area contributed by atoms with E-state index in [1.807, 2.05) is 18.7 Å². The molecule has 1 aromatic carbocycles. The third-order valence-corrected chi connectivity index (χ3v) is 3.64. The van der Waals surface area contributed by atoms with Crippen molar-refractivity contribution in [2.45, 2.75) is 26.0 Å². The molecule has 1 amide bonds. The fourth-order valence-corrected chi connectivity index (χ4v) is 2.55. The Labute approximate surface area is 112 Å². The molecule has 0 radical (unpaired) electrons. The Morgan fingerprint density at radius 1 is 1.32 bits per heavy atom. The van der Waals surface area contributed by atoms with Crippen LogP contribution in [0.25, 0.3) is 0 Å². The SMILES string of the molecule is CN1CCN(c2cc(F)cc(CO)c2)C(C)(C)C1=O. The van der Waals surface area contributed by atoms with Crippen LogP contribution >= 0.6 is 0 Å². The molecule has 2 rings (SSSR count). The van der Waals surface area contributed by atoms with Crippen molar-refractivity contribution < 1.29 is 14.3 Å². The van der Waals surface area contributed by atoms with Gasteiger partial charge in [-0.25, -0.2) is 4.39 Å². The second-order valence-electron chi connectivity index (χ2n) is 5.41. The summed E-state index contributed by atoms with van der Waals surface area (Å²) in [6.45, 7) is 4.69. The molecular formula is C14H19FN2O2. The van der Waals surface area contributed by atoms with Gasteiger partial charge in [0.05, 0.1) is 6.61 Å². The molecule has 0 atom stereocenters. The number of rotatable bonds is 2. The van der Waals surface area contributed by atoms with E-state index in [2.05, 4.69) is 0 Å². The molecule has 1 aliphatic heterocycles. The number of aliphatic hydroxyl groups is 1. The number of benzene rings is 1. The van der Waals surface area contributed by atoms with E-state index in [1.54, 1.807) is 18.0 Å². The fraction of sp³-hybridized carbons (Fsp3) is 0.500. The van der Waals surface area contributed by atoms with E-state index in [-0.39, 0.29) is 12.5 Å². The van der Waals surface area contributed by atoms with Gasteiger partial charge in [-0.3, -0.25) is 4.79 Å². The predicted octanol–water partition coefficient (Wildman–Crippen LogP) is 1.38. The molecule has 0 spiro atoms. The van der Waals surface area contributed by atoms with Crippen LogP contribution in [-0.4, -0.2) is 41.6 Å². The molecular weight excluding hydrogens is 247 g/mol. The summed E-state index contributed by atoms with van der Waals surface area (Å²) in [4.78, 5) is 15.8. The number of hydrogen-bond donors (Lipinski definition) is 1. The lowest BCUT2D eigenvalue weighted by Crippen LogP contribution is -2.62. The fourth-order valence-electron chi connectivity index (χ4n) is 2.55. The van der Waals surface area contributed by atoms with E-state index in [0.29, 0.717) is 24.3 Å². The van der Waals surface area contributed by atoms with Gasteiger partial charge in [0.2, 0.25) is 5.91 Å². The van der Waals surface area contributed by atoms with Crippen LogP contribution in [0.15, 0.2) is 18.2 Å². The highest BCUT2D eigenvalue weighted by atomic mass is 19.1. The molecule has 0 aromatic heterocycles. The minimum Gasteiger partial charge on any atom is -0.392 e. The van der Waals surface area contributed by atoms with Crippen molar-refractivity contribution in [2.24, 2.45) is 0 Å². The summed E-state index contributed by atoms with van der Waals surface area (Å²) in [7, 11) is 1.77. The highest BCUT2D eigenvalue weighted by Crippen LogP contribution is 2.29. The van der Waals surface area contributed by atoms with Crippen molar-refractivity contribution in [3.63, 3.8) is 0 Å². The van der Waals surface area contributed by atoms with Crippen molar-refractivity contribution >= 4 is 11.6 Å². The molecule has 0 aliphatic carbocycles. The van der Waals surface area contributed by atoms with Gasteiger partial charge >= 0.3 is 0 Å². The molecule has 1 fully saturated rings. The van der Waals surface area contributed by atoms with E-state index < -0.39 is 11.4 Å². The number of hydrogen-bond acceptors (Lipinski definition) is 3. The van der Waals surface area contributed by atoms with E-state index in [0.717, 1.165) is 0 Å². The molecule has 1 aromatic rings. The van der Waals surface area contributed by atoms with E-state index >= 15 is 0 Å². The molecule has 5 heteroatoms. The van der Waals surface area contributed by atoms with Crippen LogP contribution in [0.5, 0.6) is 0 Å². The molecule has 1 saturated heterocycles. The van der Waals surface area contributed by atoms with Crippen molar-refractivity contribution in [1.29, 1.82) is 0 Å². The van der Waals surface area contributed by atoms with Crippen LogP contribution in [0.1, 0.15) is 19.4 Å². The molecule has 1 heterocycles. The summed E-state index contributed by atoms with van der Waals surface area (Å²) < 4.78 is 13.6. The molecule has 0 unspecified atom stereocenters. The van der Waals surface area contributed by atoms with Gasteiger partial charge in [0.1, 0.15) is 11.4 Å². The molecule has 0 bridgehead atoms. The van der Waals surface area contributed by atoms with Gasteiger partial charge in [0.25, 0.3) is 0 Å². The quantitative estimate of drug-likeness (QED) is 0.879. The van der Waals surface area contributed by atoms with Gasteiger partial charge in [0, 0.05) is 25.8 Å². The van der Waals surface area contributed by atoms with Gasteiger partial charge < -0.3 is 14.9 Å². The number of anilines is 1. The maximum absolute atomic E-state index is 13.6. The first-order valence-electron chi connectivity index (χ1n) is 6.30. The first-order valence-corrected chi connectivity index (χ1v) is 6.30. The number of halogens is 1. The van der Waals surface area contributed by atoms with E-state index in [1.165, 1.54) is 12.1 Å². The molecule has 4 nitrogen and oxygen atoms in total. The summed E-state index contributed by atoms with van der Waals surface area (Å²) >= 11 is 0.